The number of amides is 1. The second-order valence-electron chi connectivity index (χ2n) is 4.52. The molecule has 0 aliphatic carbocycles. The van der Waals surface area contributed by atoms with Crippen molar-refractivity contribution < 1.29 is 4.79 Å². The molecule has 0 bridgehead atoms. The van der Waals surface area contributed by atoms with E-state index in [4.69, 9.17) is 5.73 Å². The predicted molar refractivity (Wildman–Crippen MR) is 84.7 cm³/mol. The summed E-state index contributed by atoms with van der Waals surface area (Å²) in [7, 11) is 0. The van der Waals surface area contributed by atoms with Crippen LogP contribution in [0.5, 0.6) is 0 Å². The fraction of sp³-hybridized carbons (Fsp3) is 0.462. The first-order valence-corrected chi connectivity index (χ1v) is 6.08. The van der Waals surface area contributed by atoms with Gasteiger partial charge in [-0.15, -0.1) is 24.8 Å². The molecule has 6 heteroatoms. The Hall–Kier alpha value is -0.970. The number of hydrogen-bond donors (Lipinski definition) is 2. The van der Waals surface area contributed by atoms with Gasteiger partial charge in [-0.3, -0.25) is 4.79 Å². The highest BCUT2D eigenvalue weighted by Gasteiger charge is 2.13. The molecule has 1 heterocycles. The molecule has 1 aliphatic rings. The van der Waals surface area contributed by atoms with Crippen LogP contribution in [0.2, 0.25) is 0 Å². The summed E-state index contributed by atoms with van der Waals surface area (Å²) in [5, 5.41) is 2.81. The maximum Gasteiger partial charge on any atom is 0.240 e. The molecule has 1 fully saturated rings. The summed E-state index contributed by atoms with van der Waals surface area (Å²) in [4.78, 5) is 13.8. The average Bonchev–Trinajstić information content (AvgIpc) is 2.82. The standard InChI is InChI=1S/C13H19N3O.2ClH/c1-10(14)13(17)15-11-5-4-6-12(9-11)16-7-2-3-8-16;;/h4-6,9-10H,2-3,7-8,14H2,1H3,(H,15,17);2*1H/t10-;;/m1../s1. The highest BCUT2D eigenvalue weighted by molar-refractivity contribution is 5.94. The van der Waals surface area contributed by atoms with Crippen LogP contribution in [-0.2, 0) is 4.79 Å². The predicted octanol–water partition coefficient (Wildman–Crippen LogP) is 2.42. The van der Waals surface area contributed by atoms with Gasteiger partial charge in [0.2, 0.25) is 5.91 Å². The fourth-order valence-corrected chi connectivity index (χ4v) is 2.01. The minimum absolute atomic E-state index is 0. The maximum atomic E-state index is 11.5. The minimum atomic E-state index is -0.481. The molecule has 1 amide bonds. The van der Waals surface area contributed by atoms with Gasteiger partial charge in [0.1, 0.15) is 0 Å². The van der Waals surface area contributed by atoms with Crippen LogP contribution in [0.25, 0.3) is 0 Å². The summed E-state index contributed by atoms with van der Waals surface area (Å²) in [6.07, 6.45) is 2.49. The quantitative estimate of drug-likeness (QED) is 0.901. The molecular weight excluding hydrogens is 285 g/mol. The van der Waals surface area contributed by atoms with Crippen LogP contribution in [0, 0.1) is 0 Å². The van der Waals surface area contributed by atoms with Crippen LogP contribution in [0.3, 0.4) is 0 Å². The lowest BCUT2D eigenvalue weighted by atomic mass is 10.2. The van der Waals surface area contributed by atoms with Crippen molar-refractivity contribution in [1.82, 2.24) is 0 Å². The number of hydrogen-bond acceptors (Lipinski definition) is 3. The summed E-state index contributed by atoms with van der Waals surface area (Å²) < 4.78 is 0. The Morgan fingerprint density at radius 3 is 2.53 bits per heavy atom. The Morgan fingerprint density at radius 1 is 1.32 bits per heavy atom. The molecule has 1 aromatic carbocycles. The highest BCUT2D eigenvalue weighted by Crippen LogP contribution is 2.23. The molecule has 108 valence electrons. The smallest absolute Gasteiger partial charge is 0.240 e. The Morgan fingerprint density at radius 2 is 1.95 bits per heavy atom. The molecule has 1 aromatic rings. The molecule has 3 N–H and O–H groups in total. The van der Waals surface area contributed by atoms with Gasteiger partial charge >= 0.3 is 0 Å². The van der Waals surface area contributed by atoms with E-state index < -0.39 is 6.04 Å². The molecule has 0 radical (unpaired) electrons. The molecule has 0 saturated carbocycles. The normalized spacial score (nSPS) is 15.2. The van der Waals surface area contributed by atoms with E-state index >= 15 is 0 Å². The first kappa shape index (κ1) is 18.0. The lowest BCUT2D eigenvalue weighted by Crippen LogP contribution is -2.32. The first-order chi connectivity index (χ1) is 8.16. The van der Waals surface area contributed by atoms with Crippen LogP contribution in [0.4, 0.5) is 11.4 Å². The molecular formula is C13H21Cl2N3O. The molecule has 1 atom stereocenters. The molecule has 2 rings (SSSR count). The largest absolute Gasteiger partial charge is 0.371 e. The third kappa shape index (κ3) is 4.90. The van der Waals surface area contributed by atoms with Gasteiger partial charge in [0, 0.05) is 24.5 Å². The lowest BCUT2D eigenvalue weighted by Gasteiger charge is -2.18. The van der Waals surface area contributed by atoms with E-state index in [9.17, 15) is 4.79 Å². The molecule has 4 nitrogen and oxygen atoms in total. The molecule has 19 heavy (non-hydrogen) atoms. The van der Waals surface area contributed by atoms with Gasteiger partial charge in [-0.25, -0.2) is 0 Å². The number of nitrogens with two attached hydrogens (primary N) is 1. The van der Waals surface area contributed by atoms with Crippen molar-refractivity contribution in [3.05, 3.63) is 24.3 Å². The van der Waals surface area contributed by atoms with Crippen LogP contribution in [-0.4, -0.2) is 25.0 Å². The summed E-state index contributed by atoms with van der Waals surface area (Å²) in [6, 6.07) is 7.45. The zero-order valence-corrected chi connectivity index (χ0v) is 12.6. The molecule has 0 aromatic heterocycles. The van der Waals surface area contributed by atoms with Crippen molar-refractivity contribution in [2.45, 2.75) is 25.8 Å². The summed E-state index contributed by atoms with van der Waals surface area (Å²) in [5.74, 6) is -0.149. The zero-order chi connectivity index (χ0) is 12.3. The number of nitrogens with zero attached hydrogens (tertiary/aromatic N) is 1. The van der Waals surface area contributed by atoms with E-state index in [2.05, 4.69) is 16.3 Å². The average molecular weight is 306 g/mol. The van der Waals surface area contributed by atoms with Crippen molar-refractivity contribution in [2.24, 2.45) is 5.73 Å². The highest BCUT2D eigenvalue weighted by atomic mass is 35.5. The second-order valence-corrected chi connectivity index (χ2v) is 4.52. The zero-order valence-electron chi connectivity index (χ0n) is 11.0. The summed E-state index contributed by atoms with van der Waals surface area (Å²) in [6.45, 7) is 3.88. The van der Waals surface area contributed by atoms with Gasteiger partial charge in [-0.1, -0.05) is 6.07 Å². The van der Waals surface area contributed by atoms with Gasteiger partial charge < -0.3 is 16.0 Å². The molecule has 1 saturated heterocycles. The van der Waals surface area contributed by atoms with Crippen LogP contribution in [0.15, 0.2) is 24.3 Å². The van der Waals surface area contributed by atoms with Gasteiger partial charge in [0.15, 0.2) is 0 Å². The van der Waals surface area contributed by atoms with Crippen LogP contribution >= 0.6 is 24.8 Å². The van der Waals surface area contributed by atoms with E-state index in [0.29, 0.717) is 0 Å². The number of carbonyl (C=O) groups is 1. The Labute approximate surface area is 126 Å². The van der Waals surface area contributed by atoms with E-state index in [1.54, 1.807) is 6.92 Å². The maximum absolute atomic E-state index is 11.5. The van der Waals surface area contributed by atoms with Gasteiger partial charge in [-0.05, 0) is 38.0 Å². The number of halogens is 2. The van der Waals surface area contributed by atoms with Crippen LogP contribution < -0.4 is 16.0 Å². The third-order valence-electron chi connectivity index (χ3n) is 3.00. The topological polar surface area (TPSA) is 58.4 Å². The lowest BCUT2D eigenvalue weighted by molar-refractivity contribution is -0.117. The van der Waals surface area contributed by atoms with Gasteiger partial charge in [0.25, 0.3) is 0 Å². The fourth-order valence-electron chi connectivity index (χ4n) is 2.01. The molecule has 1 aliphatic heterocycles. The van der Waals surface area contributed by atoms with Crippen molar-refractivity contribution in [2.75, 3.05) is 23.3 Å². The van der Waals surface area contributed by atoms with Gasteiger partial charge in [-0.2, -0.15) is 0 Å². The number of carbonyl (C=O) groups excluding carboxylic acids is 1. The van der Waals surface area contributed by atoms with E-state index in [-0.39, 0.29) is 30.7 Å². The van der Waals surface area contributed by atoms with Crippen molar-refractivity contribution in [1.29, 1.82) is 0 Å². The Balaban J connectivity index is 0.00000162. The molecule has 0 spiro atoms. The van der Waals surface area contributed by atoms with Crippen molar-refractivity contribution >= 4 is 42.1 Å². The monoisotopic (exact) mass is 305 g/mol. The number of rotatable bonds is 3. The van der Waals surface area contributed by atoms with Crippen molar-refractivity contribution in [3.63, 3.8) is 0 Å². The minimum Gasteiger partial charge on any atom is -0.371 e. The van der Waals surface area contributed by atoms with E-state index in [1.807, 2.05) is 18.2 Å². The number of benzene rings is 1. The van der Waals surface area contributed by atoms with Gasteiger partial charge in [0.05, 0.1) is 6.04 Å². The first-order valence-electron chi connectivity index (χ1n) is 6.08. The van der Waals surface area contributed by atoms with E-state index in [0.717, 1.165) is 18.8 Å². The summed E-state index contributed by atoms with van der Waals surface area (Å²) in [5.41, 5.74) is 7.51. The number of nitrogens with one attached hydrogen (secondary N) is 1. The summed E-state index contributed by atoms with van der Waals surface area (Å²) >= 11 is 0. The molecule has 0 unspecified atom stereocenters. The third-order valence-corrected chi connectivity index (χ3v) is 3.00. The Bertz CT molecular complexity index is 407. The SMILES string of the molecule is C[C@@H](N)C(=O)Nc1cccc(N2CCCC2)c1.Cl.Cl. The Kier molecular flexibility index (Phi) is 7.83. The van der Waals surface area contributed by atoms with E-state index in [1.165, 1.54) is 18.5 Å². The second kappa shape index (κ2) is 8.25. The number of anilines is 2. The van der Waals surface area contributed by atoms with Crippen LogP contribution in [0.1, 0.15) is 19.8 Å². The van der Waals surface area contributed by atoms with Crippen molar-refractivity contribution in [3.8, 4) is 0 Å².